The van der Waals surface area contributed by atoms with Gasteiger partial charge >= 0.3 is 0 Å². The number of hydrogen-bond donors (Lipinski definition) is 1. The summed E-state index contributed by atoms with van der Waals surface area (Å²) in [5, 5.41) is 0. The smallest absolute Gasteiger partial charge is 0.257 e. The van der Waals surface area contributed by atoms with E-state index in [1.807, 2.05) is 18.7 Å². The maximum absolute atomic E-state index is 13.2. The number of benzene rings is 1. The number of nitrogens with one attached hydrogen (secondary N) is 1. The second-order valence-electron chi connectivity index (χ2n) is 9.38. The van der Waals surface area contributed by atoms with E-state index in [-0.39, 0.29) is 42.2 Å². The minimum Gasteiger partial charge on any atom is -0.491 e. The van der Waals surface area contributed by atoms with Crippen LogP contribution >= 0.6 is 0 Å². The summed E-state index contributed by atoms with van der Waals surface area (Å²) in [7, 11) is -0.183. The number of ether oxygens (including phenoxy) is 2. The lowest BCUT2D eigenvalue weighted by molar-refractivity contribution is -0.135. The molecule has 1 aliphatic heterocycles. The van der Waals surface area contributed by atoms with Crippen molar-refractivity contribution in [1.82, 2.24) is 9.80 Å². The van der Waals surface area contributed by atoms with Crippen LogP contribution in [0.25, 0.3) is 0 Å². The molecule has 1 heterocycles. The summed E-state index contributed by atoms with van der Waals surface area (Å²) in [6.07, 6.45) is 3.53. The molecule has 1 aromatic rings. The summed E-state index contributed by atoms with van der Waals surface area (Å²) >= 11 is 0. The van der Waals surface area contributed by atoms with Gasteiger partial charge in [0.05, 0.1) is 29.7 Å². The van der Waals surface area contributed by atoms with Gasteiger partial charge in [0.2, 0.25) is 15.9 Å². The molecule has 2 amide bonds. The molecule has 0 aromatic heterocycles. The van der Waals surface area contributed by atoms with Crippen molar-refractivity contribution in [3.8, 4) is 5.75 Å². The van der Waals surface area contributed by atoms with E-state index < -0.39 is 10.0 Å². The minimum atomic E-state index is -3.49. The Morgan fingerprint density at radius 1 is 1.24 bits per heavy atom. The van der Waals surface area contributed by atoms with Crippen LogP contribution in [0.2, 0.25) is 0 Å². The zero-order valence-corrected chi connectivity index (χ0v) is 20.9. The number of likely N-dealkylation sites (N-methyl/N-ethyl adjacent to an activating group) is 1. The fourth-order valence-electron chi connectivity index (χ4n) is 4.08. The lowest BCUT2D eigenvalue weighted by Crippen LogP contribution is -2.48. The quantitative estimate of drug-likeness (QED) is 0.691. The van der Waals surface area contributed by atoms with E-state index in [4.69, 9.17) is 9.47 Å². The summed E-state index contributed by atoms with van der Waals surface area (Å²) in [6, 6.07) is 4.36. The van der Waals surface area contributed by atoms with E-state index in [1.165, 1.54) is 12.1 Å². The van der Waals surface area contributed by atoms with Crippen molar-refractivity contribution in [2.45, 2.75) is 45.3 Å². The number of carbonyl (C=O) groups excluding carboxylic acids is 2. The minimum absolute atomic E-state index is 0.0103. The van der Waals surface area contributed by atoms with Gasteiger partial charge in [0.1, 0.15) is 12.4 Å². The van der Waals surface area contributed by atoms with Gasteiger partial charge in [-0.05, 0) is 37.8 Å². The van der Waals surface area contributed by atoms with Crippen LogP contribution in [0, 0.1) is 11.8 Å². The summed E-state index contributed by atoms with van der Waals surface area (Å²) < 4.78 is 37.5. The van der Waals surface area contributed by atoms with Crippen LogP contribution in [0.5, 0.6) is 5.75 Å². The van der Waals surface area contributed by atoms with Gasteiger partial charge in [-0.3, -0.25) is 14.3 Å². The Morgan fingerprint density at radius 2 is 1.94 bits per heavy atom. The monoisotopic (exact) mass is 481 g/mol. The van der Waals surface area contributed by atoms with Crippen LogP contribution in [0.4, 0.5) is 5.69 Å². The maximum atomic E-state index is 13.2. The maximum Gasteiger partial charge on any atom is 0.257 e. The highest BCUT2D eigenvalue weighted by Gasteiger charge is 2.33. The number of amides is 2. The molecule has 3 atom stereocenters. The summed E-state index contributed by atoms with van der Waals surface area (Å²) in [6.45, 7) is 4.97. The molecule has 1 fully saturated rings. The molecule has 9 nitrogen and oxygen atoms in total. The Morgan fingerprint density at radius 3 is 2.55 bits per heavy atom. The molecule has 1 N–H and O–H groups in total. The number of sulfonamides is 1. The fraction of sp³-hybridized carbons (Fsp3) is 0.652. The first-order valence-corrected chi connectivity index (χ1v) is 13.2. The average molecular weight is 482 g/mol. The highest BCUT2D eigenvalue weighted by Crippen LogP contribution is 2.33. The lowest BCUT2D eigenvalue weighted by Gasteiger charge is -2.36. The third-order valence-corrected chi connectivity index (χ3v) is 6.84. The first kappa shape index (κ1) is 25.3. The van der Waals surface area contributed by atoms with Crippen molar-refractivity contribution in [2.75, 3.05) is 44.8 Å². The summed E-state index contributed by atoms with van der Waals surface area (Å²) in [4.78, 5) is 29.7. The van der Waals surface area contributed by atoms with Crippen LogP contribution in [-0.4, -0.2) is 82.3 Å². The fourth-order valence-corrected chi connectivity index (χ4v) is 4.64. The topological polar surface area (TPSA) is 105 Å². The van der Waals surface area contributed by atoms with E-state index in [1.54, 1.807) is 25.1 Å². The normalized spacial score (nSPS) is 24.9. The standard InChI is InChI=1S/C23H35N3O6S/c1-15-12-26(22(27)10-17-6-7-17)16(2)14-32-20-11-18(24-33(5,29)30)8-9-19(20)23(28)25(3)13-21(15)31-4/h8-9,11,15-17,21,24H,6-7,10,12-14H2,1-5H3/t15-,16+,21-/m0/s1. The number of anilines is 1. The highest BCUT2D eigenvalue weighted by atomic mass is 32.2. The molecule has 0 unspecified atom stereocenters. The SMILES string of the molecule is CO[C@H]1CN(C)C(=O)c2ccc(NS(C)(=O)=O)cc2OC[C@@H](C)N(C(=O)CC2CC2)C[C@@H]1C. The van der Waals surface area contributed by atoms with Gasteiger partial charge in [0.15, 0.2) is 0 Å². The molecule has 0 bridgehead atoms. The second kappa shape index (κ2) is 10.3. The second-order valence-corrected chi connectivity index (χ2v) is 11.1. The predicted octanol–water partition coefficient (Wildman–Crippen LogP) is 2.19. The van der Waals surface area contributed by atoms with Crippen LogP contribution < -0.4 is 9.46 Å². The molecule has 1 saturated carbocycles. The van der Waals surface area contributed by atoms with Crippen molar-refractivity contribution in [2.24, 2.45) is 11.8 Å². The summed E-state index contributed by atoms with van der Waals surface area (Å²) in [5.41, 5.74) is 0.624. The number of carbonyl (C=O) groups is 2. The van der Waals surface area contributed by atoms with Crippen LogP contribution in [0.3, 0.4) is 0 Å². The van der Waals surface area contributed by atoms with Crippen molar-refractivity contribution in [3.63, 3.8) is 0 Å². The first-order chi connectivity index (χ1) is 15.5. The molecule has 0 radical (unpaired) electrons. The van der Waals surface area contributed by atoms with Crippen molar-refractivity contribution in [1.29, 1.82) is 0 Å². The van der Waals surface area contributed by atoms with Gasteiger partial charge < -0.3 is 19.3 Å². The third kappa shape index (κ3) is 6.83. The van der Waals surface area contributed by atoms with Gasteiger partial charge in [-0.2, -0.15) is 0 Å². The molecular weight excluding hydrogens is 446 g/mol. The van der Waals surface area contributed by atoms with E-state index in [0.29, 0.717) is 36.7 Å². The third-order valence-electron chi connectivity index (χ3n) is 6.23. The predicted molar refractivity (Wildman–Crippen MR) is 126 cm³/mol. The largest absolute Gasteiger partial charge is 0.491 e. The zero-order valence-electron chi connectivity index (χ0n) is 20.0. The van der Waals surface area contributed by atoms with E-state index in [9.17, 15) is 18.0 Å². The van der Waals surface area contributed by atoms with Crippen LogP contribution in [-0.2, 0) is 19.6 Å². The Kier molecular flexibility index (Phi) is 7.89. The average Bonchev–Trinajstić information content (AvgIpc) is 3.55. The van der Waals surface area contributed by atoms with Gasteiger partial charge in [0, 0.05) is 45.7 Å². The van der Waals surface area contributed by atoms with E-state index >= 15 is 0 Å². The van der Waals surface area contributed by atoms with Crippen LogP contribution in [0.1, 0.15) is 43.5 Å². The van der Waals surface area contributed by atoms with E-state index in [0.717, 1.165) is 19.1 Å². The first-order valence-electron chi connectivity index (χ1n) is 11.3. The summed E-state index contributed by atoms with van der Waals surface area (Å²) in [5.74, 6) is 0.597. The number of methoxy groups -OCH3 is 1. The van der Waals surface area contributed by atoms with Crippen molar-refractivity contribution in [3.05, 3.63) is 23.8 Å². The molecule has 10 heteroatoms. The zero-order chi connectivity index (χ0) is 24.3. The molecule has 0 saturated heterocycles. The molecule has 1 aliphatic carbocycles. The van der Waals surface area contributed by atoms with Crippen LogP contribution in [0.15, 0.2) is 18.2 Å². The Bertz CT molecular complexity index is 978. The molecular formula is C23H35N3O6S. The Labute approximate surface area is 196 Å². The Hall–Kier alpha value is -2.33. The van der Waals surface area contributed by atoms with Gasteiger partial charge in [-0.15, -0.1) is 0 Å². The Balaban J connectivity index is 1.95. The molecule has 33 heavy (non-hydrogen) atoms. The van der Waals surface area contributed by atoms with Gasteiger partial charge in [0.25, 0.3) is 5.91 Å². The van der Waals surface area contributed by atoms with Gasteiger partial charge in [-0.25, -0.2) is 8.42 Å². The lowest BCUT2D eigenvalue weighted by atomic mass is 10.0. The number of rotatable bonds is 5. The molecule has 2 aliphatic rings. The number of hydrogen-bond acceptors (Lipinski definition) is 6. The van der Waals surface area contributed by atoms with Crippen molar-refractivity contribution < 1.29 is 27.5 Å². The molecule has 3 rings (SSSR count). The molecule has 0 spiro atoms. The van der Waals surface area contributed by atoms with Crippen molar-refractivity contribution >= 4 is 27.5 Å². The molecule has 184 valence electrons. The van der Waals surface area contributed by atoms with Gasteiger partial charge in [-0.1, -0.05) is 6.92 Å². The highest BCUT2D eigenvalue weighted by molar-refractivity contribution is 7.92. The molecule has 1 aromatic carbocycles. The number of fused-ring (bicyclic) bond motifs is 1. The number of nitrogens with zero attached hydrogens (tertiary/aromatic N) is 2. The van der Waals surface area contributed by atoms with E-state index in [2.05, 4.69) is 4.72 Å².